The summed E-state index contributed by atoms with van der Waals surface area (Å²) in [7, 11) is 0. The van der Waals surface area contributed by atoms with Crippen LogP contribution in [0.3, 0.4) is 0 Å². The van der Waals surface area contributed by atoms with Crippen LogP contribution < -0.4 is 0 Å². The lowest BCUT2D eigenvalue weighted by Gasteiger charge is -2.36. The van der Waals surface area contributed by atoms with Crippen molar-refractivity contribution in [3.05, 3.63) is 59.2 Å². The van der Waals surface area contributed by atoms with E-state index in [4.69, 9.17) is 4.42 Å². The van der Waals surface area contributed by atoms with Gasteiger partial charge in [0, 0.05) is 13.1 Å². The Balaban J connectivity index is 1.57. The van der Waals surface area contributed by atoms with Gasteiger partial charge in [0.2, 0.25) is 16.7 Å². The second kappa shape index (κ2) is 7.05. The highest BCUT2D eigenvalue weighted by molar-refractivity contribution is 7.17. The summed E-state index contributed by atoms with van der Waals surface area (Å²) in [6, 6.07) is 13.6. The van der Waals surface area contributed by atoms with E-state index < -0.39 is 0 Å². The zero-order valence-corrected chi connectivity index (χ0v) is 15.9. The summed E-state index contributed by atoms with van der Waals surface area (Å²) < 4.78 is 6.84. The molecular weight excluding hydrogens is 376 g/mol. The van der Waals surface area contributed by atoms with Gasteiger partial charge in [-0.2, -0.15) is 9.50 Å². The van der Waals surface area contributed by atoms with Crippen molar-refractivity contribution in [2.24, 2.45) is 0 Å². The van der Waals surface area contributed by atoms with E-state index in [0.717, 1.165) is 36.4 Å². The smallest absolute Gasteiger partial charge is 0.230 e. The van der Waals surface area contributed by atoms with Gasteiger partial charge in [0.15, 0.2) is 5.76 Å². The van der Waals surface area contributed by atoms with Gasteiger partial charge in [-0.05, 0) is 30.5 Å². The molecule has 0 amide bonds. The topological polar surface area (TPSA) is 87.0 Å². The molecule has 1 aliphatic rings. The molecule has 0 bridgehead atoms. The lowest BCUT2D eigenvalue weighted by Crippen LogP contribution is -2.38. The number of benzene rings is 1. The summed E-state index contributed by atoms with van der Waals surface area (Å²) in [6.07, 6.45) is 2.78. The molecule has 0 spiro atoms. The molecule has 28 heavy (non-hydrogen) atoms. The molecule has 0 aliphatic carbocycles. The van der Waals surface area contributed by atoms with Crippen LogP contribution in [-0.2, 0) is 0 Å². The quantitative estimate of drug-likeness (QED) is 0.550. The molecule has 4 aromatic rings. The molecule has 5 rings (SSSR count). The van der Waals surface area contributed by atoms with Crippen LogP contribution in [0.1, 0.15) is 29.3 Å². The molecule has 1 fully saturated rings. The maximum atomic E-state index is 11.0. The Morgan fingerprint density at radius 1 is 1.11 bits per heavy atom. The van der Waals surface area contributed by atoms with E-state index in [1.54, 1.807) is 18.4 Å². The van der Waals surface area contributed by atoms with Crippen molar-refractivity contribution < 1.29 is 14.6 Å². The van der Waals surface area contributed by atoms with E-state index in [2.05, 4.69) is 27.1 Å². The Morgan fingerprint density at radius 2 is 1.89 bits per heavy atom. The maximum absolute atomic E-state index is 11.0. The Bertz CT molecular complexity index is 1070. The molecule has 4 heterocycles. The summed E-state index contributed by atoms with van der Waals surface area (Å²) in [5.74, 6) is 1.13. The van der Waals surface area contributed by atoms with Crippen LogP contribution in [0.5, 0.6) is 5.88 Å². The lowest BCUT2D eigenvalue weighted by atomic mass is 9.99. The van der Waals surface area contributed by atoms with E-state index in [0.29, 0.717) is 16.5 Å². The van der Waals surface area contributed by atoms with E-state index >= 15 is 0 Å². The highest BCUT2D eigenvalue weighted by Crippen LogP contribution is 2.41. The number of aromatic hydroxyl groups is 1. The number of hydrogen-bond acceptors (Lipinski definition) is 7. The van der Waals surface area contributed by atoms with Crippen LogP contribution in [0.25, 0.3) is 16.5 Å². The van der Waals surface area contributed by atoms with E-state index in [1.807, 2.05) is 18.2 Å². The number of fused-ring (bicyclic) bond motifs is 1. The van der Waals surface area contributed by atoms with Crippen LogP contribution in [0.4, 0.5) is 0 Å². The standard InChI is InChI=1S/C20H20N4O3S/c25-14-8-10-23(11-9-14)16(13-5-2-1-3-6-13)17-19(26)24-20(28-17)21-18(22-24)15-7-4-12-27-15/h1-7,12,14,16,25-26H,8-11H2. The molecule has 1 saturated heterocycles. The first-order valence-electron chi connectivity index (χ1n) is 9.30. The largest absolute Gasteiger partial charge is 0.492 e. The summed E-state index contributed by atoms with van der Waals surface area (Å²) in [6.45, 7) is 1.54. The number of thiazole rings is 1. The molecule has 0 radical (unpaired) electrons. The minimum Gasteiger partial charge on any atom is -0.492 e. The summed E-state index contributed by atoms with van der Waals surface area (Å²) in [5.41, 5.74) is 1.10. The molecule has 8 heteroatoms. The number of aromatic nitrogens is 3. The zero-order valence-electron chi connectivity index (χ0n) is 15.1. The predicted octanol–water partition coefficient (Wildman–Crippen LogP) is 3.30. The van der Waals surface area contributed by atoms with Gasteiger partial charge in [0.25, 0.3) is 0 Å². The third-order valence-electron chi connectivity index (χ3n) is 5.17. The van der Waals surface area contributed by atoms with E-state index in [-0.39, 0.29) is 18.0 Å². The monoisotopic (exact) mass is 396 g/mol. The lowest BCUT2D eigenvalue weighted by molar-refractivity contribution is 0.0689. The number of likely N-dealkylation sites (tertiary alicyclic amines) is 1. The maximum Gasteiger partial charge on any atom is 0.230 e. The highest BCUT2D eigenvalue weighted by Gasteiger charge is 2.32. The van der Waals surface area contributed by atoms with E-state index in [1.165, 1.54) is 15.9 Å². The van der Waals surface area contributed by atoms with Crippen molar-refractivity contribution in [2.45, 2.75) is 25.0 Å². The first kappa shape index (κ1) is 17.4. The van der Waals surface area contributed by atoms with Crippen LogP contribution in [-0.4, -0.2) is 48.9 Å². The number of aliphatic hydroxyl groups excluding tert-OH is 1. The molecule has 3 aromatic heterocycles. The summed E-state index contributed by atoms with van der Waals surface area (Å²) in [4.78, 5) is 8.27. The average Bonchev–Trinajstić information content (AvgIpc) is 3.43. The number of aliphatic hydroxyl groups is 1. The average molecular weight is 396 g/mol. The second-order valence-corrected chi connectivity index (χ2v) is 7.99. The first-order chi connectivity index (χ1) is 13.7. The normalized spacial score (nSPS) is 17.3. The van der Waals surface area contributed by atoms with E-state index in [9.17, 15) is 10.2 Å². The Labute approximate surface area is 165 Å². The van der Waals surface area contributed by atoms with Gasteiger partial charge in [-0.25, -0.2) is 0 Å². The number of nitrogens with zero attached hydrogens (tertiary/aromatic N) is 4. The summed E-state index contributed by atoms with van der Waals surface area (Å²) >= 11 is 1.43. The van der Waals surface area contributed by atoms with Gasteiger partial charge in [-0.3, -0.25) is 4.90 Å². The van der Waals surface area contributed by atoms with Crippen LogP contribution in [0.15, 0.2) is 53.1 Å². The fraction of sp³-hybridized carbons (Fsp3) is 0.300. The van der Waals surface area contributed by atoms with Crippen molar-refractivity contribution in [3.8, 4) is 17.5 Å². The highest BCUT2D eigenvalue weighted by atomic mass is 32.1. The first-order valence-corrected chi connectivity index (χ1v) is 10.1. The number of piperidine rings is 1. The molecule has 1 atom stereocenters. The Morgan fingerprint density at radius 3 is 2.57 bits per heavy atom. The second-order valence-electron chi connectivity index (χ2n) is 6.98. The predicted molar refractivity (Wildman–Crippen MR) is 105 cm³/mol. The Hall–Kier alpha value is -2.68. The molecule has 144 valence electrons. The molecule has 7 nitrogen and oxygen atoms in total. The zero-order chi connectivity index (χ0) is 19.1. The van der Waals surface area contributed by atoms with Gasteiger partial charge in [-0.1, -0.05) is 41.7 Å². The number of furan rings is 1. The number of rotatable bonds is 4. The van der Waals surface area contributed by atoms with Gasteiger partial charge in [0.05, 0.1) is 23.3 Å². The molecule has 1 unspecified atom stereocenters. The van der Waals surface area contributed by atoms with Crippen LogP contribution in [0, 0.1) is 0 Å². The van der Waals surface area contributed by atoms with Crippen LogP contribution >= 0.6 is 11.3 Å². The van der Waals surface area contributed by atoms with Crippen molar-refractivity contribution in [3.63, 3.8) is 0 Å². The minimum atomic E-state index is -0.251. The van der Waals surface area contributed by atoms with Crippen molar-refractivity contribution >= 4 is 16.3 Å². The fourth-order valence-corrected chi connectivity index (χ4v) is 4.86. The fourth-order valence-electron chi connectivity index (χ4n) is 3.75. The molecular formula is C20H20N4O3S. The third kappa shape index (κ3) is 2.99. The molecule has 1 aromatic carbocycles. The summed E-state index contributed by atoms with van der Waals surface area (Å²) in [5, 5.41) is 25.3. The van der Waals surface area contributed by atoms with Gasteiger partial charge >= 0.3 is 0 Å². The number of hydrogen-bond donors (Lipinski definition) is 2. The molecule has 0 saturated carbocycles. The van der Waals surface area contributed by atoms with Gasteiger partial charge < -0.3 is 14.6 Å². The van der Waals surface area contributed by atoms with Crippen molar-refractivity contribution in [1.29, 1.82) is 0 Å². The molecule has 1 aliphatic heterocycles. The Kier molecular flexibility index (Phi) is 4.38. The van der Waals surface area contributed by atoms with Crippen molar-refractivity contribution in [2.75, 3.05) is 13.1 Å². The van der Waals surface area contributed by atoms with Gasteiger partial charge in [0.1, 0.15) is 0 Å². The van der Waals surface area contributed by atoms with Crippen LogP contribution in [0.2, 0.25) is 0 Å². The third-order valence-corrected chi connectivity index (χ3v) is 6.24. The van der Waals surface area contributed by atoms with Crippen molar-refractivity contribution in [1.82, 2.24) is 19.5 Å². The minimum absolute atomic E-state index is 0.102. The van der Waals surface area contributed by atoms with Gasteiger partial charge in [-0.15, -0.1) is 5.10 Å². The molecule has 2 N–H and O–H groups in total. The SMILES string of the molecule is Oc1c(C(c2ccccc2)N2CCC(O)CC2)sc2nc(-c3ccco3)nn12.